The average molecular weight is 99.1 g/mol. The van der Waals surface area contributed by atoms with Crippen molar-refractivity contribution in [1.29, 1.82) is 0 Å². The molecule has 0 amide bonds. The predicted octanol–water partition coefficient (Wildman–Crippen LogP) is 0.0001000. The van der Waals surface area contributed by atoms with Crippen molar-refractivity contribution in [2.75, 3.05) is 0 Å². The van der Waals surface area contributed by atoms with E-state index < -0.39 is 0 Å². The third-order valence-electron chi connectivity index (χ3n) is 0.549. The van der Waals surface area contributed by atoms with Crippen LogP contribution in [-0.2, 0) is 11.7 Å². The summed E-state index contributed by atoms with van der Waals surface area (Å²) in [4.78, 5) is 0. The number of nitrogens with zero attached hydrogens (tertiary/aromatic N) is 2. The SMILES string of the molecule is [O]Cc1cnno1. The van der Waals surface area contributed by atoms with Crippen molar-refractivity contribution in [3.8, 4) is 0 Å². The van der Waals surface area contributed by atoms with E-state index in [4.69, 9.17) is 0 Å². The molecule has 0 saturated heterocycles. The summed E-state index contributed by atoms with van der Waals surface area (Å²) in [5.74, 6) is 0.278. The Labute approximate surface area is 39.7 Å². The molecule has 1 aromatic rings. The molecule has 0 atom stereocenters. The molecule has 1 heterocycles. The van der Waals surface area contributed by atoms with Crippen molar-refractivity contribution in [3.05, 3.63) is 12.0 Å². The van der Waals surface area contributed by atoms with E-state index in [1.165, 1.54) is 6.20 Å². The molecular formula is C3H3N2O2. The molecule has 0 spiro atoms. The Kier molecular flexibility index (Phi) is 1.04. The largest absolute Gasteiger partial charge is 0.339 e. The summed E-state index contributed by atoms with van der Waals surface area (Å²) >= 11 is 0. The van der Waals surface area contributed by atoms with Gasteiger partial charge < -0.3 is 4.52 Å². The molecule has 0 aliphatic carbocycles. The molecule has 0 saturated carbocycles. The van der Waals surface area contributed by atoms with Gasteiger partial charge in [0.2, 0.25) is 0 Å². The van der Waals surface area contributed by atoms with Crippen LogP contribution in [0.25, 0.3) is 0 Å². The maximum Gasteiger partial charge on any atom is 0.186 e. The van der Waals surface area contributed by atoms with E-state index in [2.05, 4.69) is 14.9 Å². The van der Waals surface area contributed by atoms with Crippen LogP contribution < -0.4 is 0 Å². The van der Waals surface area contributed by atoms with Gasteiger partial charge in [-0.1, -0.05) is 0 Å². The number of hydrogen-bond acceptors (Lipinski definition) is 3. The first-order valence-electron chi connectivity index (χ1n) is 1.78. The van der Waals surface area contributed by atoms with Crippen LogP contribution in [0.15, 0.2) is 10.7 Å². The van der Waals surface area contributed by atoms with Crippen molar-refractivity contribution in [2.45, 2.75) is 6.61 Å². The fourth-order valence-electron chi connectivity index (χ4n) is 0.251. The smallest absolute Gasteiger partial charge is 0.186 e. The highest BCUT2D eigenvalue weighted by Gasteiger charge is 1.91. The Morgan fingerprint density at radius 3 is 3.00 bits per heavy atom. The van der Waals surface area contributed by atoms with E-state index in [-0.39, 0.29) is 12.4 Å². The Morgan fingerprint density at radius 2 is 2.71 bits per heavy atom. The van der Waals surface area contributed by atoms with Crippen LogP contribution in [0.1, 0.15) is 5.76 Å². The normalized spacial score (nSPS) is 9.29. The highest BCUT2D eigenvalue weighted by Crippen LogP contribution is 1.89. The lowest BCUT2D eigenvalue weighted by atomic mass is 10.6. The molecule has 4 heteroatoms. The zero-order valence-corrected chi connectivity index (χ0v) is 3.50. The van der Waals surface area contributed by atoms with E-state index in [1.807, 2.05) is 0 Å². The maximum absolute atomic E-state index is 9.82. The second-order valence-corrected chi connectivity index (χ2v) is 1.03. The average Bonchev–Trinajstić information content (AvgIpc) is 2.14. The Bertz CT molecular complexity index is 125. The summed E-state index contributed by atoms with van der Waals surface area (Å²) in [5.41, 5.74) is 0. The van der Waals surface area contributed by atoms with Crippen molar-refractivity contribution < 1.29 is 9.63 Å². The zero-order chi connectivity index (χ0) is 5.11. The van der Waals surface area contributed by atoms with Crippen molar-refractivity contribution in [2.24, 2.45) is 0 Å². The van der Waals surface area contributed by atoms with Crippen LogP contribution in [0.5, 0.6) is 0 Å². The van der Waals surface area contributed by atoms with Gasteiger partial charge in [-0.15, -0.1) is 5.10 Å². The first kappa shape index (κ1) is 4.26. The summed E-state index contributed by atoms with van der Waals surface area (Å²) < 4.78 is 4.31. The zero-order valence-electron chi connectivity index (χ0n) is 3.50. The molecule has 0 aliphatic heterocycles. The summed E-state index contributed by atoms with van der Waals surface area (Å²) in [6.07, 6.45) is 1.30. The number of aromatic nitrogens is 2. The Hall–Kier alpha value is -0.900. The lowest BCUT2D eigenvalue weighted by Gasteiger charge is -1.71. The minimum atomic E-state index is -0.382. The van der Waals surface area contributed by atoms with Gasteiger partial charge in [-0.3, -0.25) is 0 Å². The molecule has 4 nitrogen and oxygen atoms in total. The van der Waals surface area contributed by atoms with E-state index in [9.17, 15) is 5.11 Å². The van der Waals surface area contributed by atoms with Gasteiger partial charge in [0.15, 0.2) is 5.76 Å². The van der Waals surface area contributed by atoms with Crippen LogP contribution in [0, 0.1) is 0 Å². The predicted molar refractivity (Wildman–Crippen MR) is 18.7 cm³/mol. The third-order valence-corrected chi connectivity index (χ3v) is 0.549. The fraction of sp³-hybridized carbons (Fsp3) is 0.333. The van der Waals surface area contributed by atoms with Crippen LogP contribution in [0.2, 0.25) is 0 Å². The van der Waals surface area contributed by atoms with Crippen LogP contribution in [0.4, 0.5) is 0 Å². The molecule has 0 N–H and O–H groups in total. The Balaban J connectivity index is 2.76. The first-order chi connectivity index (χ1) is 3.43. The Morgan fingerprint density at radius 1 is 1.86 bits per heavy atom. The highest BCUT2D eigenvalue weighted by molar-refractivity contribution is 4.80. The quantitative estimate of drug-likeness (QED) is 0.497. The summed E-state index contributed by atoms with van der Waals surface area (Å²) in [7, 11) is 0. The van der Waals surface area contributed by atoms with Gasteiger partial charge in [-0.25, -0.2) is 5.11 Å². The highest BCUT2D eigenvalue weighted by atomic mass is 16.5. The first-order valence-corrected chi connectivity index (χ1v) is 1.78. The third kappa shape index (κ3) is 0.747. The molecular weight excluding hydrogens is 96.0 g/mol. The topological polar surface area (TPSA) is 58.8 Å². The van der Waals surface area contributed by atoms with Crippen LogP contribution in [-0.4, -0.2) is 10.4 Å². The monoisotopic (exact) mass is 99.0 g/mol. The molecule has 0 bridgehead atoms. The lowest BCUT2D eigenvalue weighted by molar-refractivity contribution is 0.146. The number of hydrogen-bond donors (Lipinski definition) is 0. The minimum absolute atomic E-state index is 0.278. The lowest BCUT2D eigenvalue weighted by Crippen LogP contribution is -1.70. The van der Waals surface area contributed by atoms with Gasteiger partial charge >= 0.3 is 0 Å². The van der Waals surface area contributed by atoms with E-state index in [1.54, 1.807) is 0 Å². The molecule has 1 aromatic heterocycles. The molecule has 7 heavy (non-hydrogen) atoms. The van der Waals surface area contributed by atoms with E-state index >= 15 is 0 Å². The second-order valence-electron chi connectivity index (χ2n) is 1.03. The summed E-state index contributed by atoms with van der Waals surface area (Å²) in [6.45, 7) is -0.382. The summed E-state index contributed by atoms with van der Waals surface area (Å²) in [6, 6.07) is 0. The molecule has 37 valence electrons. The van der Waals surface area contributed by atoms with Gasteiger partial charge in [-0.05, 0) is 0 Å². The van der Waals surface area contributed by atoms with Gasteiger partial charge in [0.25, 0.3) is 0 Å². The van der Waals surface area contributed by atoms with Crippen molar-refractivity contribution in [1.82, 2.24) is 10.4 Å². The molecule has 1 rings (SSSR count). The van der Waals surface area contributed by atoms with Crippen LogP contribution in [0.3, 0.4) is 0 Å². The van der Waals surface area contributed by atoms with Gasteiger partial charge in [-0.2, -0.15) is 0 Å². The van der Waals surface area contributed by atoms with Gasteiger partial charge in [0.05, 0.1) is 6.20 Å². The second kappa shape index (κ2) is 1.70. The van der Waals surface area contributed by atoms with Gasteiger partial charge in [0.1, 0.15) is 6.61 Å². The van der Waals surface area contributed by atoms with Gasteiger partial charge in [0, 0.05) is 5.27 Å². The number of rotatable bonds is 1. The van der Waals surface area contributed by atoms with E-state index in [0.717, 1.165) is 0 Å². The van der Waals surface area contributed by atoms with Crippen LogP contribution >= 0.6 is 0 Å². The summed E-state index contributed by atoms with van der Waals surface area (Å²) in [5, 5.41) is 16.2. The molecule has 1 radical (unpaired) electrons. The maximum atomic E-state index is 9.82. The van der Waals surface area contributed by atoms with Crippen molar-refractivity contribution >= 4 is 0 Å². The molecule has 0 aromatic carbocycles. The standard InChI is InChI=1S/C3H3N2O2/c6-2-3-1-4-5-7-3/h1H,2H2. The molecule has 0 fully saturated rings. The van der Waals surface area contributed by atoms with E-state index in [0.29, 0.717) is 0 Å². The molecule has 0 unspecified atom stereocenters. The fourth-order valence-corrected chi connectivity index (χ4v) is 0.251. The minimum Gasteiger partial charge on any atom is -0.339 e. The van der Waals surface area contributed by atoms with Crippen molar-refractivity contribution in [3.63, 3.8) is 0 Å². The molecule has 0 aliphatic rings.